The van der Waals surface area contributed by atoms with Gasteiger partial charge in [-0.15, -0.1) is 0 Å². The molecule has 2 atom stereocenters. The summed E-state index contributed by atoms with van der Waals surface area (Å²) in [5.74, 6) is -1.57. The average Bonchev–Trinajstić information content (AvgIpc) is 2.13. The molecule has 15 heavy (non-hydrogen) atoms. The Morgan fingerprint density at radius 2 is 1.93 bits per heavy atom. The maximum atomic E-state index is 11.3. The maximum absolute atomic E-state index is 11.3. The second-order valence-corrected chi connectivity index (χ2v) is 3.75. The van der Waals surface area contributed by atoms with E-state index in [9.17, 15) is 9.59 Å². The van der Waals surface area contributed by atoms with Crippen molar-refractivity contribution in [1.29, 1.82) is 0 Å². The lowest BCUT2D eigenvalue weighted by molar-refractivity contribution is -0.143. The van der Waals surface area contributed by atoms with Crippen molar-refractivity contribution in [3.05, 3.63) is 0 Å². The predicted octanol–water partition coefficient (Wildman–Crippen LogP) is -1.08. The molecular weight excluding hydrogens is 200 g/mol. The van der Waals surface area contributed by atoms with Crippen molar-refractivity contribution in [2.45, 2.75) is 32.4 Å². The summed E-state index contributed by atoms with van der Waals surface area (Å²) in [5, 5.41) is 19.4. The first-order chi connectivity index (χ1) is 6.88. The lowest BCUT2D eigenvalue weighted by Crippen LogP contribution is -2.45. The number of nitrogens with two attached hydrogens (primary N) is 1. The van der Waals surface area contributed by atoms with E-state index in [0.29, 0.717) is 0 Å². The molecule has 6 heteroatoms. The van der Waals surface area contributed by atoms with E-state index in [-0.39, 0.29) is 18.4 Å². The van der Waals surface area contributed by atoms with Gasteiger partial charge in [0.1, 0.15) is 6.04 Å². The molecule has 88 valence electrons. The fraction of sp³-hybridized carbons (Fsp3) is 0.778. The van der Waals surface area contributed by atoms with Crippen molar-refractivity contribution < 1.29 is 19.8 Å². The summed E-state index contributed by atoms with van der Waals surface area (Å²) in [6.07, 6.45) is 0.0570. The predicted molar refractivity (Wildman–Crippen MR) is 54.1 cm³/mol. The minimum atomic E-state index is -1.26. The number of hydrogen-bond donors (Lipinski definition) is 4. The number of aliphatic carboxylic acids is 1. The molecule has 0 aliphatic rings. The zero-order valence-electron chi connectivity index (χ0n) is 8.93. The molecule has 1 unspecified atom stereocenters. The molecule has 6 nitrogen and oxygen atoms in total. The Labute approximate surface area is 88.5 Å². The Morgan fingerprint density at radius 3 is 2.27 bits per heavy atom. The molecule has 0 fully saturated rings. The van der Waals surface area contributed by atoms with Gasteiger partial charge in [0.25, 0.3) is 0 Å². The Hall–Kier alpha value is -1.14. The number of amides is 1. The summed E-state index contributed by atoms with van der Waals surface area (Å²) in [5.41, 5.74) is 5.64. The number of carboxylic acid groups (broad SMARTS) is 1. The first-order valence-electron chi connectivity index (χ1n) is 4.77. The van der Waals surface area contributed by atoms with Crippen LogP contribution in [0.2, 0.25) is 0 Å². The Morgan fingerprint density at radius 1 is 1.40 bits per heavy atom. The zero-order valence-corrected chi connectivity index (χ0v) is 8.93. The second-order valence-electron chi connectivity index (χ2n) is 3.75. The first kappa shape index (κ1) is 13.9. The molecule has 0 aromatic heterocycles. The summed E-state index contributed by atoms with van der Waals surface area (Å²) < 4.78 is 0. The van der Waals surface area contributed by atoms with Crippen LogP contribution in [0.3, 0.4) is 0 Å². The number of aliphatic hydroxyl groups is 1. The van der Waals surface area contributed by atoms with Gasteiger partial charge in [0.15, 0.2) is 0 Å². The quantitative estimate of drug-likeness (QED) is 0.453. The van der Waals surface area contributed by atoms with Crippen LogP contribution in [0.1, 0.15) is 20.3 Å². The van der Waals surface area contributed by atoms with E-state index in [0.717, 1.165) is 0 Å². The third kappa shape index (κ3) is 5.34. The SMILES string of the molecule is CC(C)C(N)CC(=O)N[C@@H](CO)C(=O)O. The first-order valence-corrected chi connectivity index (χ1v) is 4.77. The summed E-state index contributed by atoms with van der Waals surface area (Å²) in [6, 6.07) is -1.56. The third-order valence-electron chi connectivity index (χ3n) is 2.09. The van der Waals surface area contributed by atoms with Crippen LogP contribution >= 0.6 is 0 Å². The maximum Gasteiger partial charge on any atom is 0.328 e. The van der Waals surface area contributed by atoms with Crippen molar-refractivity contribution in [3.63, 3.8) is 0 Å². The molecule has 5 N–H and O–H groups in total. The molecular formula is C9H18N2O4. The molecule has 1 amide bonds. The van der Waals surface area contributed by atoms with Gasteiger partial charge in [-0.3, -0.25) is 4.79 Å². The van der Waals surface area contributed by atoms with Crippen LogP contribution in [-0.2, 0) is 9.59 Å². The molecule has 0 radical (unpaired) electrons. The van der Waals surface area contributed by atoms with Crippen molar-refractivity contribution in [3.8, 4) is 0 Å². The molecule has 0 bridgehead atoms. The van der Waals surface area contributed by atoms with E-state index in [1.807, 2.05) is 13.8 Å². The van der Waals surface area contributed by atoms with Crippen molar-refractivity contribution in [1.82, 2.24) is 5.32 Å². The van der Waals surface area contributed by atoms with Gasteiger partial charge in [-0.05, 0) is 5.92 Å². The largest absolute Gasteiger partial charge is 0.480 e. The van der Waals surface area contributed by atoms with Gasteiger partial charge in [0.05, 0.1) is 6.61 Å². The number of rotatable bonds is 6. The highest BCUT2D eigenvalue weighted by Gasteiger charge is 2.20. The van der Waals surface area contributed by atoms with Crippen molar-refractivity contribution >= 4 is 11.9 Å². The highest BCUT2D eigenvalue weighted by molar-refractivity contribution is 5.83. The van der Waals surface area contributed by atoms with E-state index >= 15 is 0 Å². The zero-order chi connectivity index (χ0) is 12.0. The smallest absolute Gasteiger partial charge is 0.328 e. The molecule has 0 spiro atoms. The van der Waals surface area contributed by atoms with Crippen molar-refractivity contribution in [2.75, 3.05) is 6.61 Å². The van der Waals surface area contributed by atoms with Crippen LogP contribution in [0.5, 0.6) is 0 Å². The summed E-state index contributed by atoms with van der Waals surface area (Å²) in [7, 11) is 0. The second kappa shape index (κ2) is 6.36. The number of carbonyl (C=O) groups excluding carboxylic acids is 1. The minimum Gasteiger partial charge on any atom is -0.480 e. The number of aliphatic hydroxyl groups excluding tert-OH is 1. The fourth-order valence-corrected chi connectivity index (χ4v) is 0.889. The average molecular weight is 218 g/mol. The van der Waals surface area contributed by atoms with E-state index in [2.05, 4.69) is 5.32 Å². The summed E-state index contributed by atoms with van der Waals surface area (Å²) >= 11 is 0. The highest BCUT2D eigenvalue weighted by Crippen LogP contribution is 2.02. The number of hydrogen-bond acceptors (Lipinski definition) is 4. The molecule has 0 aliphatic heterocycles. The van der Waals surface area contributed by atoms with Crippen molar-refractivity contribution in [2.24, 2.45) is 11.7 Å². The van der Waals surface area contributed by atoms with E-state index < -0.39 is 24.5 Å². The van der Waals surface area contributed by atoms with Gasteiger partial charge in [-0.1, -0.05) is 13.8 Å². The standard InChI is InChI=1S/C9H18N2O4/c1-5(2)6(10)3-8(13)11-7(4-12)9(14)15/h5-7,12H,3-4,10H2,1-2H3,(H,11,13)(H,14,15)/t6?,7-/m0/s1. The monoisotopic (exact) mass is 218 g/mol. The summed E-state index contributed by atoms with van der Waals surface area (Å²) in [6.45, 7) is 3.12. The van der Waals surface area contributed by atoms with Gasteiger partial charge in [-0.2, -0.15) is 0 Å². The molecule has 0 rings (SSSR count). The normalized spacial score (nSPS) is 14.7. The number of carbonyl (C=O) groups is 2. The highest BCUT2D eigenvalue weighted by atomic mass is 16.4. The summed E-state index contributed by atoms with van der Waals surface area (Å²) in [4.78, 5) is 21.7. The number of nitrogens with one attached hydrogen (secondary N) is 1. The Balaban J connectivity index is 4.07. The Kier molecular flexibility index (Phi) is 5.88. The molecule has 0 saturated carbocycles. The van der Waals surface area contributed by atoms with E-state index in [1.54, 1.807) is 0 Å². The minimum absolute atomic E-state index is 0.0570. The van der Waals surface area contributed by atoms with Gasteiger partial charge < -0.3 is 21.3 Å². The van der Waals surface area contributed by atoms with E-state index in [4.69, 9.17) is 15.9 Å². The lowest BCUT2D eigenvalue weighted by atomic mass is 10.0. The van der Waals surface area contributed by atoms with Crippen LogP contribution in [0.25, 0.3) is 0 Å². The third-order valence-corrected chi connectivity index (χ3v) is 2.09. The van der Waals surface area contributed by atoms with Gasteiger partial charge in [-0.25, -0.2) is 4.79 Å². The molecule has 0 aliphatic carbocycles. The van der Waals surface area contributed by atoms with E-state index in [1.165, 1.54) is 0 Å². The van der Waals surface area contributed by atoms with Crippen LogP contribution in [-0.4, -0.2) is 40.8 Å². The molecule has 0 heterocycles. The van der Waals surface area contributed by atoms with Crippen LogP contribution in [0.15, 0.2) is 0 Å². The number of carboxylic acids is 1. The molecule has 0 aromatic rings. The fourth-order valence-electron chi connectivity index (χ4n) is 0.889. The van der Waals surface area contributed by atoms with Gasteiger partial charge >= 0.3 is 5.97 Å². The van der Waals surface area contributed by atoms with Crippen LogP contribution < -0.4 is 11.1 Å². The Bertz CT molecular complexity index is 230. The van der Waals surface area contributed by atoms with Gasteiger partial charge in [0.2, 0.25) is 5.91 Å². The molecule has 0 saturated heterocycles. The van der Waals surface area contributed by atoms with Gasteiger partial charge in [0, 0.05) is 12.5 Å². The lowest BCUT2D eigenvalue weighted by Gasteiger charge is -2.17. The van der Waals surface area contributed by atoms with Crippen LogP contribution in [0.4, 0.5) is 0 Å². The molecule has 0 aromatic carbocycles. The van der Waals surface area contributed by atoms with Crippen LogP contribution in [0, 0.1) is 5.92 Å². The topological polar surface area (TPSA) is 113 Å².